The zero-order valence-corrected chi connectivity index (χ0v) is 12.3. The van der Waals surface area contributed by atoms with E-state index in [0.29, 0.717) is 0 Å². The minimum atomic E-state index is 0.720. The maximum absolute atomic E-state index is 6.42. The van der Waals surface area contributed by atoms with E-state index in [4.69, 9.17) is 11.6 Å². The fraction of sp³-hybridized carbons (Fsp3) is 0.312. The van der Waals surface area contributed by atoms with Crippen LogP contribution in [0.5, 0.6) is 0 Å². The van der Waals surface area contributed by atoms with E-state index in [1.807, 2.05) is 12.3 Å². The Hall–Kier alpha value is -1.58. The van der Waals surface area contributed by atoms with Crippen LogP contribution in [-0.2, 0) is 13.0 Å². The first kappa shape index (κ1) is 13.4. The molecule has 1 aliphatic rings. The van der Waals surface area contributed by atoms with Crippen LogP contribution in [0, 0.1) is 0 Å². The summed E-state index contributed by atoms with van der Waals surface area (Å²) in [5.74, 6) is 0.858. The fourth-order valence-corrected chi connectivity index (χ4v) is 2.88. The van der Waals surface area contributed by atoms with Gasteiger partial charge in [-0.3, -0.25) is 0 Å². The number of para-hydroxylation sites is 1. The summed E-state index contributed by atoms with van der Waals surface area (Å²) in [6.45, 7) is 4.78. The first-order valence-corrected chi connectivity index (χ1v) is 7.38. The van der Waals surface area contributed by atoms with Gasteiger partial charge < -0.3 is 10.2 Å². The van der Waals surface area contributed by atoms with Crippen molar-refractivity contribution >= 4 is 23.1 Å². The number of anilines is 2. The van der Waals surface area contributed by atoms with E-state index in [1.165, 1.54) is 11.3 Å². The minimum Gasteiger partial charge on any atom is -0.325 e. The summed E-state index contributed by atoms with van der Waals surface area (Å²) in [6, 6.07) is 10.4. The van der Waals surface area contributed by atoms with Crippen molar-refractivity contribution in [2.45, 2.75) is 19.9 Å². The van der Waals surface area contributed by atoms with Crippen molar-refractivity contribution in [2.24, 2.45) is 0 Å². The molecule has 104 valence electrons. The summed E-state index contributed by atoms with van der Waals surface area (Å²) in [4.78, 5) is 6.77. The predicted octanol–water partition coefficient (Wildman–Crippen LogP) is 3.54. The first-order valence-electron chi connectivity index (χ1n) is 7.00. The maximum Gasteiger partial charge on any atom is 0.151 e. The number of benzene rings is 1. The van der Waals surface area contributed by atoms with Crippen LogP contribution in [0.4, 0.5) is 11.5 Å². The van der Waals surface area contributed by atoms with E-state index in [0.717, 1.165) is 42.5 Å². The van der Waals surface area contributed by atoms with Crippen LogP contribution in [-0.4, -0.2) is 18.1 Å². The molecule has 0 aliphatic carbocycles. The fourth-order valence-electron chi connectivity index (χ4n) is 2.59. The molecule has 4 heteroatoms. The summed E-state index contributed by atoms with van der Waals surface area (Å²) in [6.07, 6.45) is 2.96. The molecule has 2 heterocycles. The van der Waals surface area contributed by atoms with Crippen LogP contribution in [0.15, 0.2) is 36.5 Å². The Morgan fingerprint density at radius 1 is 1.35 bits per heavy atom. The number of hydrogen-bond donors (Lipinski definition) is 1. The second-order valence-electron chi connectivity index (χ2n) is 4.96. The molecule has 0 fully saturated rings. The van der Waals surface area contributed by atoms with E-state index in [-0.39, 0.29) is 0 Å². The molecule has 0 unspecified atom stereocenters. The van der Waals surface area contributed by atoms with Crippen molar-refractivity contribution in [1.82, 2.24) is 10.3 Å². The number of rotatable bonds is 4. The largest absolute Gasteiger partial charge is 0.325 e. The molecule has 0 spiro atoms. The molecule has 1 aliphatic heterocycles. The van der Waals surface area contributed by atoms with E-state index in [1.54, 1.807) is 0 Å². The Morgan fingerprint density at radius 2 is 2.20 bits per heavy atom. The normalized spacial score (nSPS) is 13.6. The molecule has 0 saturated carbocycles. The number of halogens is 1. The molecule has 3 rings (SSSR count). The van der Waals surface area contributed by atoms with Crippen molar-refractivity contribution in [2.75, 3.05) is 18.0 Å². The first-order chi connectivity index (χ1) is 9.79. The summed E-state index contributed by atoms with van der Waals surface area (Å²) >= 11 is 6.42. The van der Waals surface area contributed by atoms with Crippen molar-refractivity contribution in [3.05, 3.63) is 52.7 Å². The molecule has 0 atom stereocenters. The van der Waals surface area contributed by atoms with Gasteiger partial charge >= 0.3 is 0 Å². The van der Waals surface area contributed by atoms with E-state index in [9.17, 15) is 0 Å². The molecular formula is C16H18ClN3. The van der Waals surface area contributed by atoms with Crippen molar-refractivity contribution in [1.29, 1.82) is 0 Å². The number of nitrogens with one attached hydrogen (secondary N) is 1. The number of nitrogens with zero attached hydrogens (tertiary/aromatic N) is 2. The standard InChI is InChI=1S/C16H18ClN3/c1-2-18-10-12-9-14(17)16(19-11-12)20-8-7-13-5-3-4-6-15(13)20/h3-6,9,11,18H,2,7-8,10H2,1H3. The molecule has 3 nitrogen and oxygen atoms in total. The SMILES string of the molecule is CCNCc1cnc(N2CCc3ccccc32)c(Cl)c1. The third kappa shape index (κ3) is 2.51. The zero-order chi connectivity index (χ0) is 13.9. The molecule has 0 radical (unpaired) electrons. The van der Waals surface area contributed by atoms with Gasteiger partial charge in [-0.25, -0.2) is 4.98 Å². The van der Waals surface area contributed by atoms with Crippen molar-refractivity contribution in [3.8, 4) is 0 Å². The van der Waals surface area contributed by atoms with Crippen LogP contribution in [0.2, 0.25) is 5.02 Å². The number of fused-ring (bicyclic) bond motifs is 1. The quantitative estimate of drug-likeness (QED) is 0.932. The van der Waals surface area contributed by atoms with Gasteiger partial charge in [0.2, 0.25) is 0 Å². The molecule has 1 aromatic heterocycles. The number of aromatic nitrogens is 1. The highest BCUT2D eigenvalue weighted by Gasteiger charge is 2.22. The Bertz CT molecular complexity index is 612. The monoisotopic (exact) mass is 287 g/mol. The topological polar surface area (TPSA) is 28.2 Å². The van der Waals surface area contributed by atoms with Gasteiger partial charge in [0.25, 0.3) is 0 Å². The molecule has 1 aromatic carbocycles. The highest BCUT2D eigenvalue weighted by atomic mass is 35.5. The lowest BCUT2D eigenvalue weighted by Gasteiger charge is -2.20. The second kappa shape index (κ2) is 5.81. The van der Waals surface area contributed by atoms with Crippen LogP contribution in [0.25, 0.3) is 0 Å². The molecule has 2 aromatic rings. The van der Waals surface area contributed by atoms with Crippen molar-refractivity contribution < 1.29 is 0 Å². The lowest BCUT2D eigenvalue weighted by molar-refractivity contribution is 0.724. The van der Waals surface area contributed by atoms with Gasteiger partial charge in [-0.2, -0.15) is 0 Å². The molecule has 1 N–H and O–H groups in total. The second-order valence-corrected chi connectivity index (χ2v) is 5.37. The lowest BCUT2D eigenvalue weighted by Crippen LogP contribution is -2.16. The van der Waals surface area contributed by atoms with Gasteiger partial charge in [-0.15, -0.1) is 0 Å². The van der Waals surface area contributed by atoms with Gasteiger partial charge in [0, 0.05) is 25.0 Å². The van der Waals surface area contributed by atoms with E-state index in [2.05, 4.69) is 46.4 Å². The summed E-state index contributed by atoms with van der Waals surface area (Å²) in [5.41, 5.74) is 3.71. The molecular weight excluding hydrogens is 270 g/mol. The zero-order valence-electron chi connectivity index (χ0n) is 11.6. The van der Waals surface area contributed by atoms with E-state index < -0.39 is 0 Å². The van der Waals surface area contributed by atoms with Crippen LogP contribution in [0.3, 0.4) is 0 Å². The summed E-state index contributed by atoms with van der Waals surface area (Å²) < 4.78 is 0. The van der Waals surface area contributed by atoms with Gasteiger partial charge in [-0.05, 0) is 36.2 Å². The Morgan fingerprint density at radius 3 is 3.00 bits per heavy atom. The average Bonchev–Trinajstić information content (AvgIpc) is 2.89. The number of hydrogen-bond acceptors (Lipinski definition) is 3. The minimum absolute atomic E-state index is 0.720. The highest BCUT2D eigenvalue weighted by molar-refractivity contribution is 6.33. The van der Waals surface area contributed by atoms with Gasteiger partial charge in [0.1, 0.15) is 0 Å². The van der Waals surface area contributed by atoms with Crippen LogP contribution < -0.4 is 10.2 Å². The number of pyridine rings is 1. The van der Waals surface area contributed by atoms with Gasteiger partial charge in [0.15, 0.2) is 5.82 Å². The Balaban J connectivity index is 1.88. The highest BCUT2D eigenvalue weighted by Crippen LogP contribution is 2.36. The summed E-state index contributed by atoms with van der Waals surface area (Å²) in [7, 11) is 0. The molecule has 0 amide bonds. The Kier molecular flexibility index (Phi) is 3.90. The van der Waals surface area contributed by atoms with E-state index >= 15 is 0 Å². The smallest absolute Gasteiger partial charge is 0.151 e. The van der Waals surface area contributed by atoms with Gasteiger partial charge in [-0.1, -0.05) is 36.7 Å². The Labute approximate surface area is 124 Å². The lowest BCUT2D eigenvalue weighted by atomic mass is 10.2. The molecule has 20 heavy (non-hydrogen) atoms. The van der Waals surface area contributed by atoms with Gasteiger partial charge in [0.05, 0.1) is 5.02 Å². The predicted molar refractivity (Wildman–Crippen MR) is 83.8 cm³/mol. The maximum atomic E-state index is 6.42. The molecule has 0 bridgehead atoms. The average molecular weight is 288 g/mol. The van der Waals surface area contributed by atoms with Crippen molar-refractivity contribution in [3.63, 3.8) is 0 Å². The van der Waals surface area contributed by atoms with Crippen LogP contribution in [0.1, 0.15) is 18.1 Å². The third-order valence-electron chi connectivity index (χ3n) is 3.60. The van der Waals surface area contributed by atoms with Crippen LogP contribution >= 0.6 is 11.6 Å². The molecule has 0 saturated heterocycles. The third-order valence-corrected chi connectivity index (χ3v) is 3.88. The summed E-state index contributed by atoms with van der Waals surface area (Å²) in [5, 5.41) is 4.00.